The summed E-state index contributed by atoms with van der Waals surface area (Å²) in [6, 6.07) is 10.3. The predicted octanol–water partition coefficient (Wildman–Crippen LogP) is 5.54. The van der Waals surface area contributed by atoms with E-state index in [0.717, 1.165) is 32.1 Å². The largest absolute Gasteiger partial charge is 0.464 e. The average Bonchev–Trinajstić information content (AvgIpc) is 2.93. The number of hydrogen-bond acceptors (Lipinski definition) is 2. The molecule has 1 heterocycles. The number of furan rings is 1. The highest BCUT2D eigenvalue weighted by Gasteiger charge is 2.36. The van der Waals surface area contributed by atoms with Crippen LogP contribution in [0.15, 0.2) is 43.7 Å². The summed E-state index contributed by atoms with van der Waals surface area (Å²) in [7, 11) is 0. The summed E-state index contributed by atoms with van der Waals surface area (Å²) in [4.78, 5) is 0. The van der Waals surface area contributed by atoms with E-state index in [1.807, 2.05) is 12.1 Å². The number of benzene rings is 1. The maximum absolute atomic E-state index is 5.88. The molecule has 2 atom stereocenters. The topological polar surface area (TPSA) is 25.2 Å². The third kappa shape index (κ3) is 3.06. The van der Waals surface area contributed by atoms with Gasteiger partial charge in [-0.2, -0.15) is 0 Å². The van der Waals surface area contributed by atoms with Crippen LogP contribution in [0.25, 0.3) is 0 Å². The van der Waals surface area contributed by atoms with Crippen molar-refractivity contribution in [2.45, 2.75) is 25.8 Å². The minimum atomic E-state index is 0.645. The molecule has 100 valence electrons. The van der Waals surface area contributed by atoms with Crippen molar-refractivity contribution in [1.82, 2.24) is 0 Å². The smallest absolute Gasteiger partial charge is 0.123 e. The first-order valence-electron chi connectivity index (χ1n) is 6.41. The van der Waals surface area contributed by atoms with Crippen molar-refractivity contribution in [3.05, 3.63) is 50.8 Å². The van der Waals surface area contributed by atoms with Crippen molar-refractivity contribution in [3.63, 3.8) is 0 Å². The van der Waals surface area contributed by atoms with Gasteiger partial charge in [-0.05, 0) is 58.6 Å². The minimum Gasteiger partial charge on any atom is -0.464 e. The number of halogens is 2. The number of nitrogens with one attached hydrogen (secondary N) is 1. The van der Waals surface area contributed by atoms with Crippen LogP contribution in [-0.2, 0) is 6.54 Å². The molecule has 3 rings (SSSR count). The quantitative estimate of drug-likeness (QED) is 0.748. The molecule has 1 aliphatic rings. The summed E-state index contributed by atoms with van der Waals surface area (Å²) in [6.45, 7) is 2.97. The minimum absolute atomic E-state index is 0.645. The van der Waals surface area contributed by atoms with E-state index in [1.165, 1.54) is 6.42 Å². The Morgan fingerprint density at radius 3 is 2.79 bits per heavy atom. The molecule has 1 aliphatic carbocycles. The van der Waals surface area contributed by atoms with Gasteiger partial charge < -0.3 is 9.73 Å². The van der Waals surface area contributed by atoms with Gasteiger partial charge >= 0.3 is 0 Å². The molecule has 2 nitrogen and oxygen atoms in total. The van der Waals surface area contributed by atoms with Crippen molar-refractivity contribution in [2.24, 2.45) is 5.92 Å². The molecule has 2 aromatic rings. The van der Waals surface area contributed by atoms with Crippen LogP contribution in [0.3, 0.4) is 0 Å². The molecule has 0 bridgehead atoms. The Balaban J connectivity index is 1.65. The SMILES string of the molecule is CC1CC1c1ccc(CNc2cc(Br)ccc2Br)o1. The van der Waals surface area contributed by atoms with Gasteiger partial charge in [-0.1, -0.05) is 22.9 Å². The summed E-state index contributed by atoms with van der Waals surface area (Å²) >= 11 is 7.01. The summed E-state index contributed by atoms with van der Waals surface area (Å²) in [5.74, 6) is 3.55. The van der Waals surface area contributed by atoms with Gasteiger partial charge in [0.1, 0.15) is 11.5 Å². The Labute approximate surface area is 129 Å². The fourth-order valence-corrected chi connectivity index (χ4v) is 2.97. The van der Waals surface area contributed by atoms with E-state index in [1.54, 1.807) is 0 Å². The zero-order chi connectivity index (χ0) is 13.4. The first-order chi connectivity index (χ1) is 9.13. The van der Waals surface area contributed by atoms with Crippen molar-refractivity contribution in [1.29, 1.82) is 0 Å². The molecule has 0 spiro atoms. The Morgan fingerprint density at radius 2 is 2.05 bits per heavy atom. The van der Waals surface area contributed by atoms with E-state index in [9.17, 15) is 0 Å². The van der Waals surface area contributed by atoms with Crippen molar-refractivity contribution < 1.29 is 4.42 Å². The predicted molar refractivity (Wildman–Crippen MR) is 84.4 cm³/mol. The molecule has 19 heavy (non-hydrogen) atoms. The fraction of sp³-hybridized carbons (Fsp3) is 0.333. The summed E-state index contributed by atoms with van der Waals surface area (Å²) in [5.41, 5.74) is 1.06. The van der Waals surface area contributed by atoms with Gasteiger partial charge in [0.05, 0.1) is 6.54 Å². The van der Waals surface area contributed by atoms with Crippen LogP contribution in [0.4, 0.5) is 5.69 Å². The maximum atomic E-state index is 5.88. The lowest BCUT2D eigenvalue weighted by Crippen LogP contribution is -1.98. The average molecular weight is 385 g/mol. The molecule has 1 saturated carbocycles. The lowest BCUT2D eigenvalue weighted by atomic mass is 10.3. The monoisotopic (exact) mass is 383 g/mol. The molecule has 2 unspecified atom stereocenters. The van der Waals surface area contributed by atoms with Gasteiger partial charge in [0.15, 0.2) is 0 Å². The van der Waals surface area contributed by atoms with Crippen LogP contribution in [0.5, 0.6) is 0 Å². The van der Waals surface area contributed by atoms with Crippen LogP contribution in [0.2, 0.25) is 0 Å². The molecular formula is C15H15Br2NO. The number of anilines is 1. The lowest BCUT2D eigenvalue weighted by Gasteiger charge is -2.07. The first kappa shape index (κ1) is 13.3. The zero-order valence-corrected chi connectivity index (χ0v) is 13.8. The molecule has 0 aliphatic heterocycles. The molecule has 1 fully saturated rings. The van der Waals surface area contributed by atoms with Crippen LogP contribution in [-0.4, -0.2) is 0 Å². The maximum Gasteiger partial charge on any atom is 0.123 e. The second-order valence-electron chi connectivity index (χ2n) is 5.10. The third-order valence-electron chi connectivity index (χ3n) is 3.54. The highest BCUT2D eigenvalue weighted by Crippen LogP contribution is 2.47. The van der Waals surface area contributed by atoms with Gasteiger partial charge in [0, 0.05) is 20.6 Å². The van der Waals surface area contributed by atoms with E-state index < -0.39 is 0 Å². The zero-order valence-electron chi connectivity index (χ0n) is 10.6. The molecule has 0 amide bonds. The highest BCUT2D eigenvalue weighted by molar-refractivity contribution is 9.11. The van der Waals surface area contributed by atoms with Crippen LogP contribution >= 0.6 is 31.9 Å². The van der Waals surface area contributed by atoms with Crippen molar-refractivity contribution in [3.8, 4) is 0 Å². The standard InChI is InChI=1S/C15H15Br2NO/c1-9-6-12(9)15-5-3-11(19-15)8-18-14-7-10(16)2-4-13(14)17/h2-5,7,9,12,18H,6,8H2,1H3. The Morgan fingerprint density at radius 1 is 1.26 bits per heavy atom. The van der Waals surface area contributed by atoms with Gasteiger partial charge in [-0.15, -0.1) is 0 Å². The van der Waals surface area contributed by atoms with Crippen molar-refractivity contribution in [2.75, 3.05) is 5.32 Å². The molecule has 4 heteroatoms. The van der Waals surface area contributed by atoms with Gasteiger partial charge in [-0.3, -0.25) is 0 Å². The van der Waals surface area contributed by atoms with E-state index in [-0.39, 0.29) is 0 Å². The summed E-state index contributed by atoms with van der Waals surface area (Å²) in [6.07, 6.45) is 1.26. The Hall–Kier alpha value is -0.740. The van der Waals surface area contributed by atoms with E-state index in [2.05, 4.69) is 62.3 Å². The second-order valence-corrected chi connectivity index (χ2v) is 6.87. The normalized spacial score (nSPS) is 21.4. The lowest BCUT2D eigenvalue weighted by molar-refractivity contribution is 0.468. The molecule has 0 radical (unpaired) electrons. The fourth-order valence-electron chi connectivity index (χ4n) is 2.22. The van der Waals surface area contributed by atoms with Crippen molar-refractivity contribution >= 4 is 37.5 Å². The Bertz CT molecular complexity index is 594. The van der Waals surface area contributed by atoms with Crippen LogP contribution < -0.4 is 5.32 Å². The molecule has 1 aromatic carbocycles. The first-order valence-corrected chi connectivity index (χ1v) is 7.99. The van der Waals surface area contributed by atoms with E-state index in [4.69, 9.17) is 4.42 Å². The Kier molecular flexibility index (Phi) is 3.72. The van der Waals surface area contributed by atoms with E-state index >= 15 is 0 Å². The number of hydrogen-bond donors (Lipinski definition) is 1. The second kappa shape index (κ2) is 5.33. The highest BCUT2D eigenvalue weighted by atomic mass is 79.9. The molecule has 1 aromatic heterocycles. The molecule has 1 N–H and O–H groups in total. The molecular weight excluding hydrogens is 370 g/mol. The third-order valence-corrected chi connectivity index (χ3v) is 4.72. The van der Waals surface area contributed by atoms with Gasteiger partial charge in [-0.25, -0.2) is 0 Å². The summed E-state index contributed by atoms with van der Waals surface area (Å²) in [5, 5.41) is 3.38. The summed E-state index contributed by atoms with van der Waals surface area (Å²) < 4.78 is 7.99. The molecule has 0 saturated heterocycles. The van der Waals surface area contributed by atoms with Crippen LogP contribution in [0, 0.1) is 5.92 Å². The van der Waals surface area contributed by atoms with Gasteiger partial charge in [0.2, 0.25) is 0 Å². The number of rotatable bonds is 4. The van der Waals surface area contributed by atoms with Gasteiger partial charge in [0.25, 0.3) is 0 Å². The van der Waals surface area contributed by atoms with Crippen LogP contribution in [0.1, 0.15) is 30.8 Å². The van der Waals surface area contributed by atoms with E-state index in [0.29, 0.717) is 12.5 Å².